The lowest BCUT2D eigenvalue weighted by molar-refractivity contribution is 0.188. The van der Waals surface area contributed by atoms with Gasteiger partial charge in [0, 0.05) is 51.7 Å². The van der Waals surface area contributed by atoms with Gasteiger partial charge in [0.1, 0.15) is 0 Å². The van der Waals surface area contributed by atoms with E-state index in [1.807, 2.05) is 10.9 Å². The minimum Gasteiger partial charge on any atom is -0.385 e. The first-order chi connectivity index (χ1) is 8.29. The van der Waals surface area contributed by atoms with Crippen molar-refractivity contribution in [3.8, 4) is 0 Å². The van der Waals surface area contributed by atoms with Gasteiger partial charge in [-0.3, -0.25) is 4.68 Å². The molecule has 0 saturated carbocycles. The summed E-state index contributed by atoms with van der Waals surface area (Å²) in [7, 11) is 3.43. The van der Waals surface area contributed by atoms with Crippen molar-refractivity contribution in [2.75, 3.05) is 34.0 Å². The second-order valence-electron chi connectivity index (χ2n) is 3.99. The van der Waals surface area contributed by atoms with Gasteiger partial charge in [-0.25, -0.2) is 0 Å². The predicted molar refractivity (Wildman–Crippen MR) is 67.0 cm³/mol. The number of ether oxygens (including phenoxy) is 2. The molecule has 5 nitrogen and oxygen atoms in total. The number of nitrogens with one attached hydrogen (secondary N) is 1. The highest BCUT2D eigenvalue weighted by atomic mass is 16.5. The molecule has 1 rings (SSSR count). The van der Waals surface area contributed by atoms with E-state index in [0.29, 0.717) is 0 Å². The molecule has 0 aliphatic rings. The highest BCUT2D eigenvalue weighted by Gasteiger charge is 2.05. The first-order valence-corrected chi connectivity index (χ1v) is 5.99. The van der Waals surface area contributed by atoms with Crippen LogP contribution in [0, 0.1) is 6.92 Å². The number of aromatic nitrogens is 2. The van der Waals surface area contributed by atoms with Gasteiger partial charge in [-0.05, 0) is 13.3 Å². The molecular weight excluding hydrogens is 218 g/mol. The van der Waals surface area contributed by atoms with E-state index in [9.17, 15) is 0 Å². The summed E-state index contributed by atoms with van der Waals surface area (Å²) in [5, 5.41) is 7.70. The highest BCUT2D eigenvalue weighted by Crippen LogP contribution is 2.07. The van der Waals surface area contributed by atoms with Crippen molar-refractivity contribution in [1.82, 2.24) is 15.1 Å². The minimum absolute atomic E-state index is 0.737. The van der Waals surface area contributed by atoms with Crippen molar-refractivity contribution >= 4 is 0 Å². The molecule has 0 aliphatic heterocycles. The van der Waals surface area contributed by atoms with Crippen LogP contribution < -0.4 is 5.32 Å². The summed E-state index contributed by atoms with van der Waals surface area (Å²) in [6, 6.07) is 0. The van der Waals surface area contributed by atoms with Crippen molar-refractivity contribution in [2.24, 2.45) is 0 Å². The van der Waals surface area contributed by atoms with E-state index in [4.69, 9.17) is 9.47 Å². The Bertz CT molecular complexity index is 313. The van der Waals surface area contributed by atoms with Crippen molar-refractivity contribution in [3.05, 3.63) is 17.5 Å². The molecule has 0 aliphatic carbocycles. The lowest BCUT2D eigenvalue weighted by atomic mass is 10.2. The van der Waals surface area contributed by atoms with Gasteiger partial charge in [-0.1, -0.05) is 0 Å². The number of hydrogen-bond acceptors (Lipinski definition) is 4. The Morgan fingerprint density at radius 3 is 2.76 bits per heavy atom. The average molecular weight is 241 g/mol. The van der Waals surface area contributed by atoms with Crippen molar-refractivity contribution in [2.45, 2.75) is 26.4 Å². The van der Waals surface area contributed by atoms with Crippen molar-refractivity contribution in [3.63, 3.8) is 0 Å². The Morgan fingerprint density at radius 1 is 1.29 bits per heavy atom. The maximum absolute atomic E-state index is 5.03. The van der Waals surface area contributed by atoms with Crippen molar-refractivity contribution in [1.29, 1.82) is 0 Å². The molecule has 0 radical (unpaired) electrons. The largest absolute Gasteiger partial charge is 0.385 e. The molecule has 1 heterocycles. The van der Waals surface area contributed by atoms with Gasteiger partial charge in [0.25, 0.3) is 0 Å². The van der Waals surface area contributed by atoms with Crippen LogP contribution in [-0.2, 0) is 22.6 Å². The maximum Gasteiger partial charge on any atom is 0.0587 e. The van der Waals surface area contributed by atoms with Gasteiger partial charge in [0.15, 0.2) is 0 Å². The van der Waals surface area contributed by atoms with E-state index < -0.39 is 0 Å². The average Bonchev–Trinajstić information content (AvgIpc) is 2.67. The Balaban J connectivity index is 2.35. The Hall–Kier alpha value is -0.910. The van der Waals surface area contributed by atoms with E-state index in [0.717, 1.165) is 39.3 Å². The molecule has 17 heavy (non-hydrogen) atoms. The summed E-state index contributed by atoms with van der Waals surface area (Å²) < 4.78 is 12.1. The predicted octanol–water partition coefficient (Wildman–Crippen LogP) is 0.964. The van der Waals surface area contributed by atoms with Crippen LogP contribution in [0.25, 0.3) is 0 Å². The summed E-state index contributed by atoms with van der Waals surface area (Å²) in [6.45, 7) is 6.25. The SMILES string of the molecule is COCCCn1ncc(CNCCOC)c1C. The molecule has 0 atom stereocenters. The van der Waals surface area contributed by atoms with Gasteiger partial charge in [-0.2, -0.15) is 5.10 Å². The standard InChI is InChI=1S/C12H23N3O2/c1-11-12(9-13-5-8-17-3)10-14-15(11)6-4-7-16-2/h10,13H,4-9H2,1-3H3. The zero-order valence-electron chi connectivity index (χ0n) is 11.0. The van der Waals surface area contributed by atoms with Crippen LogP contribution in [0.3, 0.4) is 0 Å². The van der Waals surface area contributed by atoms with Crippen molar-refractivity contribution < 1.29 is 9.47 Å². The third kappa shape index (κ3) is 4.85. The molecule has 0 fully saturated rings. The molecule has 0 amide bonds. The number of methoxy groups -OCH3 is 2. The summed E-state index contributed by atoms with van der Waals surface area (Å²) in [6.07, 6.45) is 2.93. The third-order valence-corrected chi connectivity index (χ3v) is 2.72. The molecule has 1 aromatic heterocycles. The fourth-order valence-electron chi connectivity index (χ4n) is 1.64. The summed E-state index contributed by atoms with van der Waals surface area (Å²) in [4.78, 5) is 0. The lowest BCUT2D eigenvalue weighted by Crippen LogP contribution is -2.18. The van der Waals surface area contributed by atoms with Crippen LogP contribution in [0.1, 0.15) is 17.7 Å². The molecule has 0 aromatic carbocycles. The van der Waals surface area contributed by atoms with Gasteiger partial charge >= 0.3 is 0 Å². The van der Waals surface area contributed by atoms with Crippen LogP contribution in [-0.4, -0.2) is 43.8 Å². The zero-order valence-corrected chi connectivity index (χ0v) is 11.0. The number of aryl methyl sites for hydroxylation is 1. The molecule has 1 N–H and O–H groups in total. The second kappa shape index (κ2) is 8.22. The molecule has 0 unspecified atom stereocenters. The summed E-state index contributed by atoms with van der Waals surface area (Å²) >= 11 is 0. The molecular formula is C12H23N3O2. The van der Waals surface area contributed by atoms with E-state index >= 15 is 0 Å². The third-order valence-electron chi connectivity index (χ3n) is 2.72. The fourth-order valence-corrected chi connectivity index (χ4v) is 1.64. The van der Waals surface area contributed by atoms with Crippen LogP contribution in [0.2, 0.25) is 0 Å². The molecule has 98 valence electrons. The van der Waals surface area contributed by atoms with Crippen LogP contribution in [0.4, 0.5) is 0 Å². The number of nitrogens with zero attached hydrogens (tertiary/aromatic N) is 2. The van der Waals surface area contributed by atoms with E-state index in [-0.39, 0.29) is 0 Å². The number of hydrogen-bond donors (Lipinski definition) is 1. The molecule has 0 saturated heterocycles. The summed E-state index contributed by atoms with van der Waals surface area (Å²) in [5.41, 5.74) is 2.48. The van der Waals surface area contributed by atoms with E-state index in [1.165, 1.54) is 11.3 Å². The fraction of sp³-hybridized carbons (Fsp3) is 0.750. The second-order valence-corrected chi connectivity index (χ2v) is 3.99. The van der Waals surface area contributed by atoms with E-state index in [2.05, 4.69) is 17.3 Å². The quantitative estimate of drug-likeness (QED) is 0.654. The van der Waals surface area contributed by atoms with Crippen LogP contribution in [0.15, 0.2) is 6.20 Å². The first kappa shape index (κ1) is 14.2. The first-order valence-electron chi connectivity index (χ1n) is 5.99. The Kier molecular flexibility index (Phi) is 6.84. The Labute approximate surface area is 103 Å². The van der Waals surface area contributed by atoms with Gasteiger partial charge in [0.2, 0.25) is 0 Å². The maximum atomic E-state index is 5.03. The van der Waals surface area contributed by atoms with Gasteiger partial charge < -0.3 is 14.8 Å². The number of rotatable bonds is 9. The van der Waals surface area contributed by atoms with Crippen LogP contribution >= 0.6 is 0 Å². The minimum atomic E-state index is 0.737. The monoisotopic (exact) mass is 241 g/mol. The molecule has 1 aromatic rings. The zero-order chi connectivity index (χ0) is 12.5. The smallest absolute Gasteiger partial charge is 0.0587 e. The summed E-state index contributed by atoms with van der Waals surface area (Å²) in [5.74, 6) is 0. The Morgan fingerprint density at radius 2 is 2.06 bits per heavy atom. The molecule has 5 heteroatoms. The van der Waals surface area contributed by atoms with E-state index in [1.54, 1.807) is 14.2 Å². The van der Waals surface area contributed by atoms with Gasteiger partial charge in [0.05, 0.1) is 12.8 Å². The molecule has 0 spiro atoms. The molecule has 0 bridgehead atoms. The lowest BCUT2D eigenvalue weighted by Gasteiger charge is -2.06. The highest BCUT2D eigenvalue weighted by molar-refractivity contribution is 5.15. The topological polar surface area (TPSA) is 48.3 Å². The van der Waals surface area contributed by atoms with Crippen LogP contribution in [0.5, 0.6) is 0 Å². The normalized spacial score (nSPS) is 11.0. The van der Waals surface area contributed by atoms with Gasteiger partial charge in [-0.15, -0.1) is 0 Å².